The van der Waals surface area contributed by atoms with Crippen LogP contribution in [0.2, 0.25) is 0 Å². The topological polar surface area (TPSA) is 36.9 Å². The van der Waals surface area contributed by atoms with Gasteiger partial charge in [-0.15, -0.1) is 0 Å². The van der Waals surface area contributed by atoms with Gasteiger partial charge < -0.3 is 18.9 Å². The van der Waals surface area contributed by atoms with Gasteiger partial charge in [0.15, 0.2) is 0 Å². The lowest BCUT2D eigenvalue weighted by Crippen LogP contribution is -2.14. The van der Waals surface area contributed by atoms with E-state index in [4.69, 9.17) is 18.9 Å². The highest BCUT2D eigenvalue weighted by atomic mass is 16.5. The maximum absolute atomic E-state index is 6.32. The van der Waals surface area contributed by atoms with Gasteiger partial charge in [0.25, 0.3) is 0 Å². The minimum absolute atomic E-state index is 0.129. The number of rotatable bonds is 12. The van der Waals surface area contributed by atoms with E-state index >= 15 is 0 Å². The van der Waals surface area contributed by atoms with Gasteiger partial charge in [-0.2, -0.15) is 0 Å². The summed E-state index contributed by atoms with van der Waals surface area (Å²) in [6.07, 6.45) is 0.868. The summed E-state index contributed by atoms with van der Waals surface area (Å²) < 4.78 is 23.7. The van der Waals surface area contributed by atoms with Gasteiger partial charge in [0.05, 0.1) is 12.2 Å². The van der Waals surface area contributed by atoms with E-state index in [1.807, 2.05) is 44.2 Å². The second-order valence-electron chi connectivity index (χ2n) is 8.68. The van der Waals surface area contributed by atoms with Crippen LogP contribution in [0.25, 0.3) is 11.1 Å². The lowest BCUT2D eigenvalue weighted by atomic mass is 9.94. The molecule has 0 radical (unpaired) electrons. The minimum atomic E-state index is -0.129. The summed E-state index contributed by atoms with van der Waals surface area (Å²) in [4.78, 5) is 0. The van der Waals surface area contributed by atoms with Crippen molar-refractivity contribution in [2.75, 3.05) is 27.4 Å². The third kappa shape index (κ3) is 6.40. The molecule has 3 atom stereocenters. The van der Waals surface area contributed by atoms with Crippen molar-refractivity contribution in [3.8, 4) is 22.6 Å². The van der Waals surface area contributed by atoms with Crippen LogP contribution in [-0.4, -0.2) is 27.4 Å². The zero-order chi connectivity index (χ0) is 24.5. The van der Waals surface area contributed by atoms with Crippen molar-refractivity contribution in [3.05, 3.63) is 83.4 Å². The van der Waals surface area contributed by atoms with Gasteiger partial charge in [0.1, 0.15) is 24.7 Å². The zero-order valence-corrected chi connectivity index (χ0v) is 21.3. The molecule has 0 spiro atoms. The first-order chi connectivity index (χ1) is 16.5. The van der Waals surface area contributed by atoms with E-state index in [9.17, 15) is 0 Å². The molecule has 0 aliphatic carbocycles. The van der Waals surface area contributed by atoms with Crippen LogP contribution < -0.4 is 9.47 Å². The molecular formula is C30H38O4. The van der Waals surface area contributed by atoms with Crippen molar-refractivity contribution in [2.45, 2.75) is 52.2 Å². The lowest BCUT2D eigenvalue weighted by Gasteiger charge is -2.23. The van der Waals surface area contributed by atoms with E-state index in [1.165, 1.54) is 5.56 Å². The number of methoxy groups -OCH3 is 2. The third-order valence-electron chi connectivity index (χ3n) is 6.50. The van der Waals surface area contributed by atoms with Gasteiger partial charge >= 0.3 is 0 Å². The van der Waals surface area contributed by atoms with Crippen molar-refractivity contribution in [1.82, 2.24) is 0 Å². The Kier molecular flexibility index (Phi) is 9.55. The highest BCUT2D eigenvalue weighted by Crippen LogP contribution is 2.39. The average molecular weight is 463 g/mol. The molecule has 3 aromatic carbocycles. The van der Waals surface area contributed by atoms with Crippen LogP contribution in [0, 0.1) is 0 Å². The number of benzene rings is 3. The fraction of sp³-hybridized carbons (Fsp3) is 0.400. The average Bonchev–Trinajstić information content (AvgIpc) is 2.90. The molecule has 4 heteroatoms. The summed E-state index contributed by atoms with van der Waals surface area (Å²) in [6, 6.07) is 23.0. The van der Waals surface area contributed by atoms with Crippen molar-refractivity contribution < 1.29 is 18.9 Å². The van der Waals surface area contributed by atoms with Gasteiger partial charge in [0, 0.05) is 25.3 Å². The van der Waals surface area contributed by atoms with E-state index < -0.39 is 0 Å². The van der Waals surface area contributed by atoms with E-state index in [-0.39, 0.29) is 12.2 Å². The largest absolute Gasteiger partial charge is 0.490 e. The summed E-state index contributed by atoms with van der Waals surface area (Å²) in [5, 5.41) is 0. The van der Waals surface area contributed by atoms with Crippen LogP contribution in [0.4, 0.5) is 0 Å². The standard InChI is InChI=1S/C30H38O4/c1-7-21(2)24-13-15-27(16-14-24)33-17-18-34-30-28(22(3)31-5)19-26(20-29(30)23(4)32-6)25-11-9-8-10-12-25/h8-16,19-23H,7,17-18H2,1-6H3. The maximum atomic E-state index is 6.32. The number of hydrogen-bond acceptors (Lipinski definition) is 4. The van der Waals surface area contributed by atoms with Crippen LogP contribution in [0.1, 0.15) is 68.9 Å². The van der Waals surface area contributed by atoms with Crippen LogP contribution in [0.5, 0.6) is 11.5 Å². The SMILES string of the molecule is CCC(C)c1ccc(OCCOc2c(C(C)OC)cc(-c3ccccc3)cc2C(C)OC)cc1. The van der Waals surface area contributed by atoms with E-state index in [2.05, 4.69) is 50.2 Å². The quantitative estimate of drug-likeness (QED) is 0.258. The maximum Gasteiger partial charge on any atom is 0.131 e. The Balaban J connectivity index is 1.80. The van der Waals surface area contributed by atoms with Crippen molar-refractivity contribution in [2.24, 2.45) is 0 Å². The molecule has 4 nitrogen and oxygen atoms in total. The highest BCUT2D eigenvalue weighted by molar-refractivity contribution is 5.68. The van der Waals surface area contributed by atoms with Crippen molar-refractivity contribution in [1.29, 1.82) is 0 Å². The second kappa shape index (κ2) is 12.6. The van der Waals surface area contributed by atoms with Gasteiger partial charge in [-0.1, -0.05) is 56.3 Å². The Morgan fingerprint density at radius 2 is 1.24 bits per heavy atom. The number of ether oxygens (including phenoxy) is 4. The summed E-state index contributed by atoms with van der Waals surface area (Å²) >= 11 is 0. The van der Waals surface area contributed by atoms with Crippen molar-refractivity contribution >= 4 is 0 Å². The molecule has 3 unspecified atom stereocenters. The van der Waals surface area contributed by atoms with Gasteiger partial charge in [0.2, 0.25) is 0 Å². The second-order valence-corrected chi connectivity index (χ2v) is 8.68. The molecular weight excluding hydrogens is 424 g/mol. The van der Waals surface area contributed by atoms with Crippen LogP contribution in [0.3, 0.4) is 0 Å². The normalized spacial score (nSPS) is 13.8. The van der Waals surface area contributed by atoms with E-state index in [0.29, 0.717) is 19.1 Å². The Morgan fingerprint density at radius 3 is 1.76 bits per heavy atom. The molecule has 0 aliphatic rings. The molecule has 3 aromatic rings. The smallest absolute Gasteiger partial charge is 0.131 e. The fourth-order valence-electron chi connectivity index (χ4n) is 3.93. The summed E-state index contributed by atoms with van der Waals surface area (Å²) in [7, 11) is 3.43. The Hall–Kier alpha value is -2.82. The molecule has 34 heavy (non-hydrogen) atoms. The monoisotopic (exact) mass is 462 g/mol. The molecule has 0 saturated heterocycles. The first-order valence-electron chi connectivity index (χ1n) is 12.1. The molecule has 0 bridgehead atoms. The van der Waals surface area contributed by atoms with Gasteiger partial charge in [-0.05, 0) is 67.1 Å². The molecule has 0 N–H and O–H groups in total. The predicted octanol–water partition coefficient (Wildman–Crippen LogP) is 7.74. The molecule has 182 valence electrons. The minimum Gasteiger partial charge on any atom is -0.490 e. The van der Waals surface area contributed by atoms with E-state index in [0.717, 1.165) is 40.2 Å². The zero-order valence-electron chi connectivity index (χ0n) is 21.3. The van der Waals surface area contributed by atoms with Gasteiger partial charge in [-0.3, -0.25) is 0 Å². The summed E-state index contributed by atoms with van der Waals surface area (Å²) in [6.45, 7) is 9.39. The summed E-state index contributed by atoms with van der Waals surface area (Å²) in [5.74, 6) is 2.21. The Morgan fingerprint density at radius 1 is 0.676 bits per heavy atom. The van der Waals surface area contributed by atoms with Crippen molar-refractivity contribution in [3.63, 3.8) is 0 Å². The molecule has 0 aliphatic heterocycles. The molecule has 0 amide bonds. The highest BCUT2D eigenvalue weighted by Gasteiger charge is 2.21. The molecule has 0 saturated carbocycles. The molecule has 0 fully saturated rings. The first-order valence-corrected chi connectivity index (χ1v) is 12.1. The van der Waals surface area contributed by atoms with Crippen LogP contribution in [-0.2, 0) is 9.47 Å². The molecule has 0 aromatic heterocycles. The Bertz CT molecular complexity index is 983. The fourth-order valence-corrected chi connectivity index (χ4v) is 3.93. The van der Waals surface area contributed by atoms with Gasteiger partial charge in [-0.25, -0.2) is 0 Å². The van der Waals surface area contributed by atoms with E-state index in [1.54, 1.807) is 14.2 Å². The predicted molar refractivity (Wildman–Crippen MR) is 139 cm³/mol. The molecule has 0 heterocycles. The lowest BCUT2D eigenvalue weighted by molar-refractivity contribution is 0.105. The summed E-state index contributed by atoms with van der Waals surface area (Å²) in [5.41, 5.74) is 5.60. The van der Waals surface area contributed by atoms with Crippen LogP contribution in [0.15, 0.2) is 66.7 Å². The van der Waals surface area contributed by atoms with Crippen LogP contribution >= 0.6 is 0 Å². The first kappa shape index (κ1) is 25.8. The number of hydrogen-bond donors (Lipinski definition) is 0. The Labute approximate surface area is 204 Å². The third-order valence-corrected chi connectivity index (χ3v) is 6.50. The molecule has 3 rings (SSSR count).